The normalized spacial score (nSPS) is 21.8. The fourth-order valence-corrected chi connectivity index (χ4v) is 2.40. The van der Waals surface area contributed by atoms with E-state index in [-0.39, 0.29) is 6.04 Å². The first-order valence-electron chi connectivity index (χ1n) is 4.14. The van der Waals surface area contributed by atoms with Crippen molar-refractivity contribution in [3.63, 3.8) is 0 Å². The second kappa shape index (κ2) is 3.09. The van der Waals surface area contributed by atoms with Gasteiger partial charge in [0.15, 0.2) is 0 Å². The molecule has 1 aromatic rings. The van der Waals surface area contributed by atoms with Gasteiger partial charge in [0.2, 0.25) is 0 Å². The third-order valence-electron chi connectivity index (χ3n) is 1.94. The average molecular weight is 214 g/mol. The highest BCUT2D eigenvalue weighted by Gasteiger charge is 2.25. The first-order valence-corrected chi connectivity index (χ1v) is 5.54. The lowest BCUT2D eigenvalue weighted by Gasteiger charge is -2.15. The zero-order chi connectivity index (χ0) is 10.2. The first-order chi connectivity index (χ1) is 6.60. The summed E-state index contributed by atoms with van der Waals surface area (Å²) < 4.78 is 25.9. The lowest BCUT2D eigenvalue weighted by Crippen LogP contribution is -2.33. The van der Waals surface area contributed by atoms with Crippen molar-refractivity contribution in [3.05, 3.63) is 18.7 Å². The maximum atomic E-state index is 11.8. The molecule has 1 aromatic heterocycles. The third kappa shape index (κ3) is 1.39. The van der Waals surface area contributed by atoms with Gasteiger partial charge in [0.1, 0.15) is 12.7 Å². The van der Waals surface area contributed by atoms with E-state index in [1.54, 1.807) is 0 Å². The first kappa shape index (κ1) is 9.20. The van der Waals surface area contributed by atoms with Crippen LogP contribution in [0.15, 0.2) is 23.7 Å². The van der Waals surface area contributed by atoms with Crippen LogP contribution in [0.1, 0.15) is 6.92 Å². The maximum absolute atomic E-state index is 11.8. The monoisotopic (exact) mass is 214 g/mol. The average Bonchev–Trinajstić information content (AvgIpc) is 2.72. The van der Waals surface area contributed by atoms with E-state index in [9.17, 15) is 8.42 Å². The molecule has 0 bridgehead atoms. The standard InChI is InChI=1S/C7H10N4O2S/c1-7-4-11(6-9-7)14(12,13)10-3-2-8-5-10/h2-3,5-7H,4H2,1H3. The van der Waals surface area contributed by atoms with Gasteiger partial charge in [-0.15, -0.1) is 0 Å². The van der Waals surface area contributed by atoms with Crippen LogP contribution >= 0.6 is 0 Å². The number of imidazole rings is 1. The van der Waals surface area contributed by atoms with E-state index in [4.69, 9.17) is 0 Å². The minimum absolute atomic E-state index is 0.0216. The molecule has 0 saturated heterocycles. The van der Waals surface area contributed by atoms with Crippen LogP contribution < -0.4 is 0 Å². The number of aliphatic imine (C=N–C) groups is 1. The molecule has 7 heteroatoms. The van der Waals surface area contributed by atoms with E-state index in [2.05, 4.69) is 9.98 Å². The van der Waals surface area contributed by atoms with Gasteiger partial charge in [-0.25, -0.2) is 13.3 Å². The quantitative estimate of drug-likeness (QED) is 0.679. The molecule has 0 amide bonds. The summed E-state index contributed by atoms with van der Waals surface area (Å²) in [6.07, 6.45) is 5.42. The summed E-state index contributed by atoms with van der Waals surface area (Å²) in [5.74, 6) is 0. The van der Waals surface area contributed by atoms with E-state index in [0.29, 0.717) is 6.54 Å². The summed E-state index contributed by atoms with van der Waals surface area (Å²) in [4.78, 5) is 7.67. The maximum Gasteiger partial charge on any atom is 0.331 e. The highest BCUT2D eigenvalue weighted by atomic mass is 32.2. The molecule has 0 N–H and O–H groups in total. The fraction of sp³-hybridized carbons (Fsp3) is 0.429. The van der Waals surface area contributed by atoms with Crippen LogP contribution in [0.25, 0.3) is 0 Å². The summed E-state index contributed by atoms with van der Waals surface area (Å²) >= 11 is 0. The second-order valence-electron chi connectivity index (χ2n) is 3.08. The van der Waals surface area contributed by atoms with Crippen molar-refractivity contribution in [3.8, 4) is 0 Å². The third-order valence-corrected chi connectivity index (χ3v) is 3.52. The molecule has 76 valence electrons. The van der Waals surface area contributed by atoms with Crippen LogP contribution in [-0.2, 0) is 10.2 Å². The molecule has 1 aliphatic rings. The minimum Gasteiger partial charge on any atom is -0.270 e. The van der Waals surface area contributed by atoms with Crippen molar-refractivity contribution in [2.75, 3.05) is 6.54 Å². The van der Waals surface area contributed by atoms with Gasteiger partial charge in [0.05, 0.1) is 12.6 Å². The Morgan fingerprint density at radius 2 is 2.29 bits per heavy atom. The Balaban J connectivity index is 2.31. The summed E-state index contributed by atoms with van der Waals surface area (Å²) in [6.45, 7) is 2.25. The molecule has 0 radical (unpaired) electrons. The summed E-state index contributed by atoms with van der Waals surface area (Å²) in [7, 11) is -3.49. The van der Waals surface area contributed by atoms with E-state index in [1.165, 1.54) is 29.4 Å². The topological polar surface area (TPSA) is 67.6 Å². The molecule has 0 aliphatic carbocycles. The molecule has 1 aliphatic heterocycles. The van der Waals surface area contributed by atoms with Crippen LogP contribution in [0, 0.1) is 0 Å². The highest BCUT2D eigenvalue weighted by Crippen LogP contribution is 2.10. The van der Waals surface area contributed by atoms with Crippen molar-refractivity contribution >= 4 is 16.5 Å². The molecular weight excluding hydrogens is 204 g/mol. The number of rotatable bonds is 2. The SMILES string of the molecule is CC1CN(S(=O)(=O)n2ccnc2)C=N1. The smallest absolute Gasteiger partial charge is 0.270 e. The number of nitrogens with zero attached hydrogens (tertiary/aromatic N) is 4. The number of aromatic nitrogens is 2. The number of hydrogen-bond acceptors (Lipinski definition) is 4. The molecule has 0 saturated carbocycles. The largest absolute Gasteiger partial charge is 0.331 e. The van der Waals surface area contributed by atoms with Gasteiger partial charge in [-0.3, -0.25) is 4.99 Å². The second-order valence-corrected chi connectivity index (χ2v) is 4.87. The van der Waals surface area contributed by atoms with Crippen LogP contribution in [0.5, 0.6) is 0 Å². The number of hydrogen-bond donors (Lipinski definition) is 0. The molecule has 1 unspecified atom stereocenters. The molecule has 6 nitrogen and oxygen atoms in total. The Bertz CT molecular complexity index is 436. The Morgan fingerprint density at radius 3 is 2.79 bits per heavy atom. The predicted octanol–water partition coefficient (Wildman–Crippen LogP) is -0.292. The van der Waals surface area contributed by atoms with Gasteiger partial charge < -0.3 is 0 Å². The molecule has 1 atom stereocenters. The lowest BCUT2D eigenvalue weighted by atomic mass is 10.4. The van der Waals surface area contributed by atoms with Gasteiger partial charge in [-0.1, -0.05) is 0 Å². The Hall–Kier alpha value is -1.37. The molecule has 0 fully saturated rings. The van der Waals surface area contributed by atoms with Crippen molar-refractivity contribution in [2.24, 2.45) is 4.99 Å². The van der Waals surface area contributed by atoms with Gasteiger partial charge >= 0.3 is 10.2 Å². The molecular formula is C7H10N4O2S. The van der Waals surface area contributed by atoms with E-state index in [1.807, 2.05) is 6.92 Å². The van der Waals surface area contributed by atoms with E-state index >= 15 is 0 Å². The molecule has 2 rings (SSSR count). The van der Waals surface area contributed by atoms with E-state index < -0.39 is 10.2 Å². The van der Waals surface area contributed by atoms with Crippen molar-refractivity contribution in [2.45, 2.75) is 13.0 Å². The Kier molecular flexibility index (Phi) is 2.03. The zero-order valence-corrected chi connectivity index (χ0v) is 8.42. The Morgan fingerprint density at radius 1 is 1.50 bits per heavy atom. The minimum atomic E-state index is -3.49. The molecule has 0 spiro atoms. The molecule has 2 heterocycles. The van der Waals surface area contributed by atoms with Crippen LogP contribution in [0.2, 0.25) is 0 Å². The van der Waals surface area contributed by atoms with Crippen molar-refractivity contribution in [1.82, 2.24) is 13.3 Å². The van der Waals surface area contributed by atoms with Crippen LogP contribution in [-0.4, -0.2) is 40.6 Å². The predicted molar refractivity (Wildman–Crippen MR) is 51.2 cm³/mol. The highest BCUT2D eigenvalue weighted by molar-refractivity contribution is 7.88. The Labute approximate surface area is 82.1 Å². The fourth-order valence-electron chi connectivity index (χ4n) is 1.20. The lowest BCUT2D eigenvalue weighted by molar-refractivity contribution is 0.517. The van der Waals surface area contributed by atoms with Gasteiger partial charge in [-0.2, -0.15) is 8.42 Å². The summed E-state index contributed by atoms with van der Waals surface area (Å²) in [5.41, 5.74) is 0. The van der Waals surface area contributed by atoms with Crippen LogP contribution in [0.3, 0.4) is 0 Å². The van der Waals surface area contributed by atoms with Crippen molar-refractivity contribution in [1.29, 1.82) is 0 Å². The van der Waals surface area contributed by atoms with Crippen molar-refractivity contribution < 1.29 is 8.42 Å². The summed E-state index contributed by atoms with van der Waals surface area (Å²) in [5, 5.41) is 0. The summed E-state index contributed by atoms with van der Waals surface area (Å²) in [6, 6.07) is 0.0216. The van der Waals surface area contributed by atoms with E-state index in [0.717, 1.165) is 3.97 Å². The molecule has 14 heavy (non-hydrogen) atoms. The van der Waals surface area contributed by atoms with Crippen LogP contribution in [0.4, 0.5) is 0 Å². The van der Waals surface area contributed by atoms with Gasteiger partial charge in [-0.05, 0) is 6.92 Å². The van der Waals surface area contributed by atoms with Gasteiger partial charge in [0, 0.05) is 12.4 Å². The van der Waals surface area contributed by atoms with Gasteiger partial charge in [0.25, 0.3) is 0 Å². The zero-order valence-electron chi connectivity index (χ0n) is 7.61. The molecule has 0 aromatic carbocycles.